The predicted octanol–water partition coefficient (Wildman–Crippen LogP) is 1.79. The lowest BCUT2D eigenvalue weighted by Gasteiger charge is -2.03. The van der Waals surface area contributed by atoms with E-state index in [9.17, 15) is 9.18 Å². The number of nitrogens with two attached hydrogens (primary N) is 1. The number of H-pyrrole nitrogens is 1. The molecule has 0 saturated heterocycles. The summed E-state index contributed by atoms with van der Waals surface area (Å²) in [5.74, 6) is 0.382. The van der Waals surface area contributed by atoms with Crippen LogP contribution in [0.15, 0.2) is 53.3 Å². The Hall–Kier alpha value is -3.55. The van der Waals surface area contributed by atoms with E-state index in [0.29, 0.717) is 11.5 Å². The maximum Gasteiger partial charge on any atom is 0.274 e. The van der Waals surface area contributed by atoms with Crippen LogP contribution >= 0.6 is 0 Å². The molecular weight excluding hydrogens is 323 g/mol. The molecule has 8 heteroatoms. The van der Waals surface area contributed by atoms with Crippen LogP contribution in [0, 0.1) is 5.82 Å². The van der Waals surface area contributed by atoms with E-state index in [-0.39, 0.29) is 29.3 Å². The Labute approximate surface area is 141 Å². The Morgan fingerprint density at radius 3 is 2.68 bits per heavy atom. The average molecular weight is 336 g/mol. The normalized spacial score (nSPS) is 11.1. The minimum atomic E-state index is -0.358. The molecule has 2 heterocycles. The molecule has 0 aliphatic heterocycles. The molecule has 0 aliphatic rings. The number of aromatic nitrogens is 5. The summed E-state index contributed by atoms with van der Waals surface area (Å²) in [4.78, 5) is 14.9. The monoisotopic (exact) mass is 336 g/mol. The minimum absolute atomic E-state index is 0.241. The highest BCUT2D eigenvalue weighted by atomic mass is 19.1. The fraction of sp³-hybridized carbons (Fsp3) is 0.0588. The number of anilines is 1. The Morgan fingerprint density at radius 2 is 1.92 bits per heavy atom. The Bertz CT molecular complexity index is 1120. The Morgan fingerprint density at radius 1 is 1.12 bits per heavy atom. The third-order valence-electron chi connectivity index (χ3n) is 3.78. The first-order valence-corrected chi connectivity index (χ1v) is 7.55. The first-order valence-electron chi connectivity index (χ1n) is 7.55. The number of nitrogen functional groups attached to an aromatic ring is 1. The molecule has 0 fully saturated rings. The molecule has 4 rings (SSSR count). The summed E-state index contributed by atoms with van der Waals surface area (Å²) < 4.78 is 14.5. The molecule has 0 radical (unpaired) electrons. The van der Waals surface area contributed by atoms with Gasteiger partial charge in [0.15, 0.2) is 5.82 Å². The predicted molar refractivity (Wildman–Crippen MR) is 90.5 cm³/mol. The van der Waals surface area contributed by atoms with Crippen LogP contribution in [0.2, 0.25) is 0 Å². The molecule has 2 aromatic carbocycles. The van der Waals surface area contributed by atoms with Gasteiger partial charge in [0, 0.05) is 17.7 Å². The van der Waals surface area contributed by atoms with Crippen molar-refractivity contribution in [3.63, 3.8) is 0 Å². The zero-order valence-corrected chi connectivity index (χ0v) is 13.0. The standard InChI is InChI=1S/C17H13FN6O/c18-12-6-4-10(5-7-12)8-14-16(25)20-17-22-21-15(24(17)23-14)11-2-1-3-13(19)9-11/h1-7,9H,8,19H2,(H,20,22,25). The molecule has 0 saturated carbocycles. The second-order valence-electron chi connectivity index (χ2n) is 5.59. The summed E-state index contributed by atoms with van der Waals surface area (Å²) in [6.45, 7) is 0. The van der Waals surface area contributed by atoms with Gasteiger partial charge in [0.2, 0.25) is 0 Å². The van der Waals surface area contributed by atoms with Crippen LogP contribution < -0.4 is 11.3 Å². The van der Waals surface area contributed by atoms with Crippen LogP contribution in [-0.2, 0) is 6.42 Å². The zero-order valence-electron chi connectivity index (χ0n) is 13.0. The molecule has 0 amide bonds. The lowest BCUT2D eigenvalue weighted by Crippen LogP contribution is -2.19. The summed E-state index contributed by atoms with van der Waals surface area (Å²) >= 11 is 0. The van der Waals surface area contributed by atoms with Crippen LogP contribution in [0.25, 0.3) is 17.2 Å². The summed E-state index contributed by atoms with van der Waals surface area (Å²) in [7, 11) is 0. The molecule has 2 aromatic heterocycles. The van der Waals surface area contributed by atoms with Crippen LogP contribution in [0.1, 0.15) is 11.3 Å². The number of hydrogen-bond acceptors (Lipinski definition) is 5. The molecule has 7 nitrogen and oxygen atoms in total. The quantitative estimate of drug-likeness (QED) is 0.555. The summed E-state index contributed by atoms with van der Waals surface area (Å²) in [5.41, 5.74) is 7.83. The van der Waals surface area contributed by atoms with Gasteiger partial charge >= 0.3 is 0 Å². The van der Waals surface area contributed by atoms with E-state index in [1.807, 2.05) is 6.07 Å². The Balaban J connectivity index is 1.81. The minimum Gasteiger partial charge on any atom is -0.399 e. The maximum absolute atomic E-state index is 13.0. The highest BCUT2D eigenvalue weighted by molar-refractivity contribution is 5.62. The van der Waals surface area contributed by atoms with Gasteiger partial charge in [-0.3, -0.25) is 9.78 Å². The topological polar surface area (TPSA) is 102 Å². The zero-order chi connectivity index (χ0) is 17.4. The molecule has 124 valence electrons. The van der Waals surface area contributed by atoms with E-state index in [0.717, 1.165) is 11.1 Å². The fourth-order valence-corrected chi connectivity index (χ4v) is 2.56. The third kappa shape index (κ3) is 2.85. The summed E-state index contributed by atoms with van der Waals surface area (Å²) in [6.07, 6.45) is 0.264. The lowest BCUT2D eigenvalue weighted by molar-refractivity contribution is 0.627. The number of hydrogen-bond donors (Lipinski definition) is 2. The second-order valence-corrected chi connectivity index (χ2v) is 5.59. The molecule has 0 aliphatic carbocycles. The molecule has 4 aromatic rings. The molecule has 0 atom stereocenters. The molecular formula is C17H13FN6O. The fourth-order valence-electron chi connectivity index (χ4n) is 2.56. The van der Waals surface area contributed by atoms with Crippen molar-refractivity contribution in [3.05, 3.63) is 76.0 Å². The number of benzene rings is 2. The van der Waals surface area contributed by atoms with E-state index >= 15 is 0 Å². The molecule has 25 heavy (non-hydrogen) atoms. The van der Waals surface area contributed by atoms with Gasteiger partial charge in [-0.1, -0.05) is 24.3 Å². The number of halogens is 1. The van der Waals surface area contributed by atoms with Crippen LogP contribution in [0.5, 0.6) is 0 Å². The number of rotatable bonds is 3. The van der Waals surface area contributed by atoms with Crippen molar-refractivity contribution >= 4 is 11.5 Å². The number of nitrogens with zero attached hydrogens (tertiary/aromatic N) is 4. The number of aromatic amines is 1. The smallest absolute Gasteiger partial charge is 0.274 e. The average Bonchev–Trinajstić information content (AvgIpc) is 3.00. The van der Waals surface area contributed by atoms with Gasteiger partial charge in [0.1, 0.15) is 11.5 Å². The molecule has 0 unspecified atom stereocenters. The third-order valence-corrected chi connectivity index (χ3v) is 3.78. The summed E-state index contributed by atoms with van der Waals surface area (Å²) in [6, 6.07) is 13.1. The maximum atomic E-state index is 13.0. The molecule has 0 bridgehead atoms. The number of fused-ring (bicyclic) bond motifs is 1. The summed E-state index contributed by atoms with van der Waals surface area (Å²) in [5, 5.41) is 12.4. The van der Waals surface area contributed by atoms with E-state index < -0.39 is 0 Å². The Kier molecular flexibility index (Phi) is 3.50. The van der Waals surface area contributed by atoms with Crippen molar-refractivity contribution in [2.45, 2.75) is 6.42 Å². The lowest BCUT2D eigenvalue weighted by atomic mass is 10.1. The number of nitrogens with one attached hydrogen (secondary N) is 1. The van der Waals surface area contributed by atoms with E-state index in [4.69, 9.17) is 5.73 Å². The second kappa shape index (κ2) is 5.82. The van der Waals surface area contributed by atoms with Crippen molar-refractivity contribution in [3.8, 4) is 11.4 Å². The highest BCUT2D eigenvalue weighted by Crippen LogP contribution is 2.19. The van der Waals surface area contributed by atoms with Gasteiger partial charge in [-0.05, 0) is 29.8 Å². The van der Waals surface area contributed by atoms with Crippen molar-refractivity contribution in [2.24, 2.45) is 0 Å². The highest BCUT2D eigenvalue weighted by Gasteiger charge is 2.13. The van der Waals surface area contributed by atoms with E-state index in [1.165, 1.54) is 16.6 Å². The van der Waals surface area contributed by atoms with E-state index in [2.05, 4.69) is 20.3 Å². The van der Waals surface area contributed by atoms with Crippen LogP contribution in [0.4, 0.5) is 10.1 Å². The largest absolute Gasteiger partial charge is 0.399 e. The van der Waals surface area contributed by atoms with Gasteiger partial charge in [0.05, 0.1) is 0 Å². The van der Waals surface area contributed by atoms with Gasteiger partial charge < -0.3 is 5.73 Å². The van der Waals surface area contributed by atoms with Gasteiger partial charge in [0.25, 0.3) is 11.3 Å². The first kappa shape index (κ1) is 15.0. The first-order chi connectivity index (χ1) is 12.1. The van der Waals surface area contributed by atoms with Gasteiger partial charge in [-0.2, -0.15) is 9.61 Å². The van der Waals surface area contributed by atoms with Crippen LogP contribution in [-0.4, -0.2) is 24.8 Å². The molecule has 0 spiro atoms. The van der Waals surface area contributed by atoms with Crippen LogP contribution in [0.3, 0.4) is 0 Å². The van der Waals surface area contributed by atoms with Crippen molar-refractivity contribution in [1.29, 1.82) is 0 Å². The van der Waals surface area contributed by atoms with Crippen molar-refractivity contribution in [2.75, 3.05) is 5.73 Å². The van der Waals surface area contributed by atoms with Gasteiger partial charge in [-0.15, -0.1) is 10.2 Å². The van der Waals surface area contributed by atoms with Gasteiger partial charge in [-0.25, -0.2) is 4.39 Å². The van der Waals surface area contributed by atoms with Crippen molar-refractivity contribution in [1.82, 2.24) is 24.8 Å². The SMILES string of the molecule is Nc1cccc(-c2nnc3[nH]c(=O)c(Cc4ccc(F)cc4)nn23)c1. The van der Waals surface area contributed by atoms with Crippen molar-refractivity contribution < 1.29 is 4.39 Å². The molecule has 3 N–H and O–H groups in total. The van der Waals surface area contributed by atoms with E-state index in [1.54, 1.807) is 30.3 Å².